The SMILES string of the molecule is CCCn1c(C)nnc1S[C@H](c1ccccc1)c1nc(C)no1. The molecule has 2 aromatic heterocycles. The summed E-state index contributed by atoms with van der Waals surface area (Å²) in [6.07, 6.45) is 1.03. The Morgan fingerprint density at radius 3 is 2.61 bits per heavy atom. The molecule has 0 spiro atoms. The molecule has 7 heteroatoms. The maximum absolute atomic E-state index is 5.42. The van der Waals surface area contributed by atoms with Gasteiger partial charge in [-0.2, -0.15) is 4.98 Å². The summed E-state index contributed by atoms with van der Waals surface area (Å²) in [7, 11) is 0. The van der Waals surface area contributed by atoms with E-state index in [1.165, 1.54) is 0 Å². The predicted molar refractivity (Wildman–Crippen MR) is 88.2 cm³/mol. The van der Waals surface area contributed by atoms with Crippen LogP contribution in [-0.4, -0.2) is 24.9 Å². The van der Waals surface area contributed by atoms with Crippen molar-refractivity contribution in [2.24, 2.45) is 0 Å². The van der Waals surface area contributed by atoms with Crippen LogP contribution in [0.2, 0.25) is 0 Å². The Labute approximate surface area is 139 Å². The largest absolute Gasteiger partial charge is 0.338 e. The van der Waals surface area contributed by atoms with Gasteiger partial charge in [-0.3, -0.25) is 0 Å². The number of nitrogens with zero attached hydrogens (tertiary/aromatic N) is 5. The molecular weight excluding hydrogens is 310 g/mol. The van der Waals surface area contributed by atoms with Crippen molar-refractivity contribution in [3.8, 4) is 0 Å². The standard InChI is InChI=1S/C16H19N5OS/c1-4-10-21-12(3)18-19-16(21)23-14(13-8-6-5-7-9-13)15-17-11(2)20-22-15/h5-9,14H,4,10H2,1-3H3/t14-/m1/s1. The van der Waals surface area contributed by atoms with Crippen LogP contribution >= 0.6 is 11.8 Å². The molecule has 0 N–H and O–H groups in total. The Morgan fingerprint density at radius 1 is 1.17 bits per heavy atom. The summed E-state index contributed by atoms with van der Waals surface area (Å²) in [5.74, 6) is 2.14. The van der Waals surface area contributed by atoms with Gasteiger partial charge in [-0.05, 0) is 25.8 Å². The first-order valence-electron chi connectivity index (χ1n) is 7.60. The smallest absolute Gasteiger partial charge is 0.244 e. The van der Waals surface area contributed by atoms with Crippen LogP contribution in [0.5, 0.6) is 0 Å². The molecule has 0 saturated heterocycles. The number of aromatic nitrogens is 5. The van der Waals surface area contributed by atoms with Gasteiger partial charge < -0.3 is 9.09 Å². The Bertz CT molecular complexity index is 768. The van der Waals surface area contributed by atoms with Crippen LogP contribution in [0.15, 0.2) is 40.0 Å². The second kappa shape index (κ2) is 6.95. The Hall–Kier alpha value is -2.15. The van der Waals surface area contributed by atoms with Gasteiger partial charge in [0, 0.05) is 6.54 Å². The molecule has 1 aromatic carbocycles. The van der Waals surface area contributed by atoms with E-state index >= 15 is 0 Å². The Balaban J connectivity index is 1.97. The van der Waals surface area contributed by atoms with E-state index in [2.05, 4.69) is 44.0 Å². The molecule has 6 nitrogen and oxygen atoms in total. The van der Waals surface area contributed by atoms with E-state index < -0.39 is 0 Å². The zero-order valence-corrected chi connectivity index (χ0v) is 14.2. The van der Waals surface area contributed by atoms with E-state index in [0.717, 1.165) is 29.5 Å². The van der Waals surface area contributed by atoms with Gasteiger partial charge in [-0.25, -0.2) is 0 Å². The van der Waals surface area contributed by atoms with Crippen molar-refractivity contribution in [2.75, 3.05) is 0 Å². The summed E-state index contributed by atoms with van der Waals surface area (Å²) in [6, 6.07) is 10.1. The first kappa shape index (κ1) is 15.7. The zero-order chi connectivity index (χ0) is 16.2. The van der Waals surface area contributed by atoms with Crippen molar-refractivity contribution in [2.45, 2.75) is 44.1 Å². The van der Waals surface area contributed by atoms with Gasteiger partial charge in [0.2, 0.25) is 5.89 Å². The van der Waals surface area contributed by atoms with E-state index in [9.17, 15) is 0 Å². The third-order valence-corrected chi connectivity index (χ3v) is 4.66. The molecule has 2 heterocycles. The molecule has 23 heavy (non-hydrogen) atoms. The van der Waals surface area contributed by atoms with Gasteiger partial charge in [0.1, 0.15) is 11.1 Å². The van der Waals surface area contributed by atoms with Crippen molar-refractivity contribution in [3.05, 3.63) is 53.4 Å². The quantitative estimate of drug-likeness (QED) is 0.644. The van der Waals surface area contributed by atoms with Crippen molar-refractivity contribution < 1.29 is 4.52 Å². The van der Waals surface area contributed by atoms with Crippen molar-refractivity contribution >= 4 is 11.8 Å². The summed E-state index contributed by atoms with van der Waals surface area (Å²) in [6.45, 7) is 6.83. The number of hydrogen-bond donors (Lipinski definition) is 0. The molecule has 3 rings (SSSR count). The molecule has 0 fully saturated rings. The third-order valence-electron chi connectivity index (χ3n) is 3.44. The minimum Gasteiger partial charge on any atom is -0.338 e. The fourth-order valence-electron chi connectivity index (χ4n) is 2.34. The van der Waals surface area contributed by atoms with Gasteiger partial charge in [0.05, 0.1) is 0 Å². The molecule has 3 aromatic rings. The molecule has 0 amide bonds. The fourth-order valence-corrected chi connectivity index (χ4v) is 3.48. The zero-order valence-electron chi connectivity index (χ0n) is 13.4. The van der Waals surface area contributed by atoms with Crippen molar-refractivity contribution in [1.29, 1.82) is 0 Å². The summed E-state index contributed by atoms with van der Waals surface area (Å²) in [5, 5.41) is 13.2. The number of thioether (sulfide) groups is 1. The normalized spacial score (nSPS) is 12.5. The highest BCUT2D eigenvalue weighted by atomic mass is 32.2. The summed E-state index contributed by atoms with van der Waals surface area (Å²) < 4.78 is 7.55. The lowest BCUT2D eigenvalue weighted by Gasteiger charge is -2.13. The number of rotatable bonds is 6. The van der Waals surface area contributed by atoms with Gasteiger partial charge in [-0.1, -0.05) is 54.2 Å². The first-order chi connectivity index (χ1) is 11.2. The van der Waals surface area contributed by atoms with Crippen LogP contribution < -0.4 is 0 Å². The van der Waals surface area contributed by atoms with Crippen molar-refractivity contribution in [3.63, 3.8) is 0 Å². The van der Waals surface area contributed by atoms with Crippen LogP contribution in [0, 0.1) is 13.8 Å². The van der Waals surface area contributed by atoms with Gasteiger partial charge >= 0.3 is 0 Å². The van der Waals surface area contributed by atoms with Crippen LogP contribution in [0.25, 0.3) is 0 Å². The third kappa shape index (κ3) is 3.44. The van der Waals surface area contributed by atoms with Crippen LogP contribution in [-0.2, 0) is 6.54 Å². The first-order valence-corrected chi connectivity index (χ1v) is 8.48. The predicted octanol–water partition coefficient (Wildman–Crippen LogP) is 3.57. The van der Waals surface area contributed by atoms with Crippen LogP contribution in [0.1, 0.15) is 41.7 Å². The number of aryl methyl sites for hydroxylation is 2. The Morgan fingerprint density at radius 2 is 1.96 bits per heavy atom. The van der Waals surface area contributed by atoms with Crippen LogP contribution in [0.3, 0.4) is 0 Å². The second-order valence-corrected chi connectivity index (χ2v) is 6.34. The topological polar surface area (TPSA) is 69.6 Å². The number of hydrogen-bond acceptors (Lipinski definition) is 6. The molecule has 0 aliphatic carbocycles. The maximum Gasteiger partial charge on any atom is 0.244 e. The lowest BCUT2D eigenvalue weighted by molar-refractivity contribution is 0.379. The molecule has 0 aliphatic heterocycles. The highest BCUT2D eigenvalue weighted by Gasteiger charge is 2.24. The van der Waals surface area contributed by atoms with Crippen molar-refractivity contribution in [1.82, 2.24) is 24.9 Å². The molecule has 0 radical (unpaired) electrons. The molecule has 1 atom stereocenters. The monoisotopic (exact) mass is 329 g/mol. The lowest BCUT2D eigenvalue weighted by atomic mass is 10.1. The average Bonchev–Trinajstić information content (AvgIpc) is 3.14. The second-order valence-electron chi connectivity index (χ2n) is 5.27. The van der Waals surface area contributed by atoms with Gasteiger partial charge in [0.25, 0.3) is 0 Å². The van der Waals surface area contributed by atoms with Crippen LogP contribution in [0.4, 0.5) is 0 Å². The van der Waals surface area contributed by atoms with Gasteiger partial charge in [0.15, 0.2) is 11.0 Å². The van der Waals surface area contributed by atoms with E-state index in [4.69, 9.17) is 4.52 Å². The molecule has 0 aliphatic rings. The summed E-state index contributed by atoms with van der Waals surface area (Å²) in [4.78, 5) is 4.41. The summed E-state index contributed by atoms with van der Waals surface area (Å²) >= 11 is 1.59. The molecule has 0 bridgehead atoms. The highest BCUT2D eigenvalue weighted by molar-refractivity contribution is 7.99. The van der Waals surface area contributed by atoms with E-state index in [-0.39, 0.29) is 5.25 Å². The minimum absolute atomic E-state index is 0.100. The molecular formula is C16H19N5OS. The molecule has 0 saturated carbocycles. The molecule has 0 unspecified atom stereocenters. The minimum atomic E-state index is -0.100. The average molecular weight is 329 g/mol. The van der Waals surface area contributed by atoms with Gasteiger partial charge in [-0.15, -0.1) is 10.2 Å². The van der Waals surface area contributed by atoms with E-state index in [1.807, 2.05) is 32.0 Å². The number of benzene rings is 1. The lowest BCUT2D eigenvalue weighted by Crippen LogP contribution is -2.04. The highest BCUT2D eigenvalue weighted by Crippen LogP contribution is 2.39. The van der Waals surface area contributed by atoms with E-state index in [1.54, 1.807) is 11.8 Å². The molecule has 120 valence electrons. The Kier molecular flexibility index (Phi) is 4.76. The van der Waals surface area contributed by atoms with E-state index in [0.29, 0.717) is 11.7 Å². The fraction of sp³-hybridized carbons (Fsp3) is 0.375. The summed E-state index contributed by atoms with van der Waals surface area (Å²) in [5.41, 5.74) is 1.10. The maximum atomic E-state index is 5.42.